The molecule has 0 amide bonds. The molecule has 0 spiro atoms. The second kappa shape index (κ2) is 15.2. The molecule has 11 heteroatoms. The van der Waals surface area contributed by atoms with Gasteiger partial charge in [0.25, 0.3) is 0 Å². The second-order valence-electron chi connectivity index (χ2n) is 9.34. The molecule has 5 rings (SSSR count). The molecule has 0 saturated carbocycles. The summed E-state index contributed by atoms with van der Waals surface area (Å²) in [7, 11) is 1.82. The van der Waals surface area contributed by atoms with Gasteiger partial charge in [0.1, 0.15) is 18.1 Å². The van der Waals surface area contributed by atoms with Crippen LogP contribution in [0.25, 0.3) is 10.2 Å². The monoisotopic (exact) mass is 634 g/mol. The zero-order valence-electron chi connectivity index (χ0n) is 24.9. The molecule has 0 bridgehead atoms. The van der Waals surface area contributed by atoms with Crippen LogP contribution in [0.1, 0.15) is 24.2 Å². The van der Waals surface area contributed by atoms with E-state index in [9.17, 15) is 13.2 Å². The molecule has 0 radical (unpaired) electrons. The molecule has 230 valence electrons. The zero-order valence-corrected chi connectivity index (χ0v) is 26.5. The molecule has 1 N–H and O–H groups in total. The van der Waals surface area contributed by atoms with Crippen LogP contribution in [0.15, 0.2) is 95.9 Å². The van der Waals surface area contributed by atoms with E-state index in [-0.39, 0.29) is 10.6 Å². The highest BCUT2D eigenvalue weighted by Crippen LogP contribution is 2.36. The van der Waals surface area contributed by atoms with Crippen molar-refractivity contribution < 1.29 is 32.2 Å². The van der Waals surface area contributed by atoms with Gasteiger partial charge in [0.05, 0.1) is 35.1 Å². The van der Waals surface area contributed by atoms with Gasteiger partial charge in [-0.25, -0.2) is 13.4 Å². The number of hydrogen-bond acceptors (Lipinski definition) is 10. The first kappa shape index (κ1) is 32.3. The SMILES string of the molecule is CCS(=O)(=O)c1ccc(C(C=O)Oc2ccc(OCc3ccccc3)cc2)cc1.CNc1nc2cc(OC)c(OC)cc2s1. The van der Waals surface area contributed by atoms with Crippen molar-refractivity contribution in [3.8, 4) is 23.0 Å². The molecule has 0 fully saturated rings. The molecule has 44 heavy (non-hydrogen) atoms. The lowest BCUT2D eigenvalue weighted by atomic mass is 10.1. The Labute approximate surface area is 261 Å². The van der Waals surface area contributed by atoms with E-state index in [1.807, 2.05) is 49.5 Å². The predicted molar refractivity (Wildman–Crippen MR) is 173 cm³/mol. The molecule has 0 aliphatic heterocycles. The van der Waals surface area contributed by atoms with E-state index in [0.717, 1.165) is 26.7 Å². The summed E-state index contributed by atoms with van der Waals surface area (Å²) >= 11 is 1.59. The first-order valence-corrected chi connectivity index (χ1v) is 16.2. The Bertz CT molecular complexity index is 1720. The minimum Gasteiger partial charge on any atom is -0.493 e. The average Bonchev–Trinajstić information content (AvgIpc) is 3.49. The number of thiazole rings is 1. The lowest BCUT2D eigenvalue weighted by Crippen LogP contribution is -2.10. The van der Waals surface area contributed by atoms with Gasteiger partial charge in [-0.05, 0) is 47.5 Å². The van der Waals surface area contributed by atoms with E-state index >= 15 is 0 Å². The minimum atomic E-state index is -3.28. The quantitative estimate of drug-likeness (QED) is 0.149. The Kier molecular flexibility index (Phi) is 11.2. The summed E-state index contributed by atoms with van der Waals surface area (Å²) in [6, 6.07) is 26.9. The van der Waals surface area contributed by atoms with Gasteiger partial charge in [-0.1, -0.05) is 60.7 Å². The summed E-state index contributed by atoms with van der Waals surface area (Å²) in [5.74, 6) is 2.67. The summed E-state index contributed by atoms with van der Waals surface area (Å²) in [6.07, 6.45) is -0.146. The fourth-order valence-electron chi connectivity index (χ4n) is 4.07. The molecule has 9 nitrogen and oxygen atoms in total. The highest BCUT2D eigenvalue weighted by molar-refractivity contribution is 7.91. The number of nitrogens with one attached hydrogen (secondary N) is 1. The number of hydrogen-bond donors (Lipinski definition) is 1. The van der Waals surface area contributed by atoms with Gasteiger partial charge in [-0.15, -0.1) is 0 Å². The number of sulfone groups is 1. The van der Waals surface area contributed by atoms with Gasteiger partial charge >= 0.3 is 0 Å². The number of fused-ring (bicyclic) bond motifs is 1. The molecule has 0 aliphatic carbocycles. The van der Waals surface area contributed by atoms with Gasteiger partial charge in [-0.3, -0.25) is 4.79 Å². The topological polar surface area (TPSA) is 113 Å². The second-order valence-corrected chi connectivity index (χ2v) is 12.6. The smallest absolute Gasteiger partial charge is 0.183 e. The maximum absolute atomic E-state index is 11.9. The number of rotatable bonds is 12. The maximum atomic E-state index is 11.9. The Balaban J connectivity index is 0.000000246. The third-order valence-electron chi connectivity index (χ3n) is 6.51. The third kappa shape index (κ3) is 8.27. The van der Waals surface area contributed by atoms with Crippen LogP contribution in [0.5, 0.6) is 23.0 Å². The van der Waals surface area contributed by atoms with Crippen LogP contribution in [0.3, 0.4) is 0 Å². The van der Waals surface area contributed by atoms with Gasteiger partial charge in [0.2, 0.25) is 0 Å². The first-order chi connectivity index (χ1) is 21.3. The maximum Gasteiger partial charge on any atom is 0.183 e. The Morgan fingerprint density at radius 1 is 0.886 bits per heavy atom. The van der Waals surface area contributed by atoms with Crippen molar-refractivity contribution >= 4 is 42.8 Å². The van der Waals surface area contributed by atoms with E-state index in [2.05, 4.69) is 10.3 Å². The number of aromatic nitrogens is 1. The summed E-state index contributed by atoms with van der Waals surface area (Å²) in [5.41, 5.74) is 2.57. The molecule has 0 saturated heterocycles. The van der Waals surface area contributed by atoms with E-state index < -0.39 is 15.9 Å². The fourth-order valence-corrected chi connectivity index (χ4v) is 5.78. The summed E-state index contributed by atoms with van der Waals surface area (Å²) in [6.45, 7) is 2.05. The highest BCUT2D eigenvalue weighted by Gasteiger charge is 2.16. The lowest BCUT2D eigenvalue weighted by Gasteiger charge is -2.15. The largest absolute Gasteiger partial charge is 0.493 e. The normalized spacial score (nSPS) is 11.5. The van der Waals surface area contributed by atoms with Crippen LogP contribution >= 0.6 is 11.3 Å². The van der Waals surface area contributed by atoms with Gasteiger partial charge in [0, 0.05) is 19.2 Å². The predicted octanol–water partition coefficient (Wildman–Crippen LogP) is 6.73. The number of nitrogens with zero attached hydrogens (tertiary/aromatic N) is 1. The van der Waals surface area contributed by atoms with Gasteiger partial charge in [0.15, 0.2) is 38.9 Å². The van der Waals surface area contributed by atoms with Crippen molar-refractivity contribution in [1.82, 2.24) is 4.98 Å². The molecular formula is C33H34N2O7S2. The molecule has 1 aromatic heterocycles. The third-order valence-corrected chi connectivity index (χ3v) is 9.30. The molecule has 5 aromatic rings. The van der Waals surface area contributed by atoms with E-state index in [1.165, 1.54) is 12.1 Å². The van der Waals surface area contributed by atoms with E-state index in [0.29, 0.717) is 35.7 Å². The Hall–Kier alpha value is -4.61. The lowest BCUT2D eigenvalue weighted by molar-refractivity contribution is -0.113. The number of methoxy groups -OCH3 is 2. The Morgan fingerprint density at radius 3 is 2.11 bits per heavy atom. The molecule has 1 unspecified atom stereocenters. The van der Waals surface area contributed by atoms with Crippen LogP contribution in [0.2, 0.25) is 0 Å². The van der Waals surface area contributed by atoms with Crippen molar-refractivity contribution in [3.05, 3.63) is 102 Å². The van der Waals surface area contributed by atoms with Crippen LogP contribution in [0.4, 0.5) is 5.13 Å². The summed E-state index contributed by atoms with van der Waals surface area (Å²) in [5, 5.41) is 3.91. The molecule has 1 heterocycles. The molecule has 4 aromatic carbocycles. The van der Waals surface area contributed by atoms with E-state index in [1.54, 1.807) is 68.9 Å². The first-order valence-electron chi connectivity index (χ1n) is 13.7. The van der Waals surface area contributed by atoms with Crippen molar-refractivity contribution in [3.63, 3.8) is 0 Å². The van der Waals surface area contributed by atoms with Crippen molar-refractivity contribution in [2.75, 3.05) is 32.3 Å². The highest BCUT2D eigenvalue weighted by atomic mass is 32.2. The van der Waals surface area contributed by atoms with Crippen LogP contribution < -0.4 is 24.3 Å². The minimum absolute atomic E-state index is 0.0264. The number of carbonyl (C=O) groups excluding carboxylic acids is 1. The Morgan fingerprint density at radius 2 is 1.52 bits per heavy atom. The number of anilines is 1. The summed E-state index contributed by atoms with van der Waals surface area (Å²) < 4.78 is 46.8. The van der Waals surface area contributed by atoms with Crippen LogP contribution in [-0.2, 0) is 21.2 Å². The average molecular weight is 635 g/mol. The van der Waals surface area contributed by atoms with Gasteiger partial charge < -0.3 is 24.3 Å². The van der Waals surface area contributed by atoms with Gasteiger partial charge in [-0.2, -0.15) is 0 Å². The molecular weight excluding hydrogens is 601 g/mol. The van der Waals surface area contributed by atoms with Crippen molar-refractivity contribution in [1.29, 1.82) is 0 Å². The number of aldehydes is 1. The van der Waals surface area contributed by atoms with Crippen LogP contribution in [0, 0.1) is 0 Å². The zero-order chi connectivity index (χ0) is 31.5. The number of benzene rings is 4. The fraction of sp³-hybridized carbons (Fsp3) is 0.212. The summed E-state index contributed by atoms with van der Waals surface area (Å²) in [4.78, 5) is 16.1. The van der Waals surface area contributed by atoms with E-state index in [4.69, 9.17) is 18.9 Å². The van der Waals surface area contributed by atoms with Crippen LogP contribution in [-0.4, -0.2) is 46.7 Å². The number of carbonyl (C=O) groups is 1. The van der Waals surface area contributed by atoms with Crippen molar-refractivity contribution in [2.24, 2.45) is 0 Å². The number of ether oxygens (including phenoxy) is 4. The van der Waals surface area contributed by atoms with Crippen molar-refractivity contribution in [2.45, 2.75) is 24.5 Å². The molecule has 0 aliphatic rings. The standard InChI is InChI=1S/C23H22O5S.C10H12N2O2S/c1-2-29(25,26)22-14-8-19(9-15-22)23(16-24)28-21-12-10-20(11-13-21)27-17-18-6-4-3-5-7-18;1-11-10-12-6-4-7(13-2)8(14-3)5-9(6)15-10/h3-16,23H,2,17H2,1H3;4-5H,1-3H3,(H,11,12). The molecule has 1 atom stereocenters.